The summed E-state index contributed by atoms with van der Waals surface area (Å²) >= 11 is 5.60. The molecule has 1 fully saturated rings. The van der Waals surface area contributed by atoms with Gasteiger partial charge in [0.25, 0.3) is 0 Å². The summed E-state index contributed by atoms with van der Waals surface area (Å²) in [6.07, 6.45) is 0.336. The molecule has 2 atom stereocenters. The number of aliphatic imine (C=N–C) groups is 1. The average Bonchev–Trinajstić information content (AvgIpc) is 2.77. The summed E-state index contributed by atoms with van der Waals surface area (Å²) in [4.78, 5) is 26.1. The molecule has 1 saturated heterocycles. The molecule has 0 aromatic heterocycles. The first-order chi connectivity index (χ1) is 9.02. The minimum absolute atomic E-state index is 0.00715. The van der Waals surface area contributed by atoms with Gasteiger partial charge in [-0.1, -0.05) is 17.7 Å². The molecule has 19 heavy (non-hydrogen) atoms. The van der Waals surface area contributed by atoms with Crippen LogP contribution < -0.4 is 0 Å². The van der Waals surface area contributed by atoms with Gasteiger partial charge in [0.05, 0.1) is 11.1 Å². The van der Waals surface area contributed by atoms with E-state index in [1.54, 1.807) is 6.07 Å². The molecule has 0 bridgehead atoms. The van der Waals surface area contributed by atoms with Gasteiger partial charge >= 0.3 is 6.09 Å². The van der Waals surface area contributed by atoms with E-state index in [2.05, 4.69) is 4.99 Å². The van der Waals surface area contributed by atoms with Crippen molar-refractivity contribution in [2.45, 2.75) is 12.0 Å². The number of amides is 1. The number of carbonyl (C=O) groups excluding carboxylic acids is 1. The molecule has 1 amide bonds. The Balaban J connectivity index is 2.32. The Morgan fingerprint density at radius 2 is 2.26 bits per heavy atom. The third-order valence-electron chi connectivity index (χ3n) is 3.15. The second-order valence-corrected chi connectivity index (χ2v) is 4.66. The van der Waals surface area contributed by atoms with E-state index >= 15 is 0 Å². The van der Waals surface area contributed by atoms with Gasteiger partial charge in [-0.2, -0.15) is 4.99 Å². The van der Waals surface area contributed by atoms with Gasteiger partial charge in [-0.25, -0.2) is 14.0 Å². The van der Waals surface area contributed by atoms with Crippen LogP contribution in [-0.2, 0) is 4.79 Å². The van der Waals surface area contributed by atoms with E-state index in [4.69, 9.17) is 16.7 Å². The van der Waals surface area contributed by atoms with Crippen LogP contribution in [0.25, 0.3) is 0 Å². The van der Waals surface area contributed by atoms with Crippen molar-refractivity contribution in [3.63, 3.8) is 0 Å². The van der Waals surface area contributed by atoms with Crippen molar-refractivity contribution in [3.8, 4) is 0 Å². The van der Waals surface area contributed by atoms with Crippen molar-refractivity contribution in [3.05, 3.63) is 34.6 Å². The lowest BCUT2D eigenvalue weighted by atomic mass is 9.95. The largest absolute Gasteiger partial charge is 0.465 e. The van der Waals surface area contributed by atoms with Gasteiger partial charge in [-0.05, 0) is 17.7 Å². The molecule has 2 unspecified atom stereocenters. The van der Waals surface area contributed by atoms with Crippen molar-refractivity contribution in [1.29, 1.82) is 0 Å². The summed E-state index contributed by atoms with van der Waals surface area (Å²) in [5.41, 5.74) is 0.564. The van der Waals surface area contributed by atoms with Crippen LogP contribution in [-0.4, -0.2) is 41.3 Å². The summed E-state index contributed by atoms with van der Waals surface area (Å²) in [6.45, 7) is 0.256. The van der Waals surface area contributed by atoms with Gasteiger partial charge in [-0.3, -0.25) is 0 Å². The lowest BCUT2D eigenvalue weighted by Gasteiger charge is -2.14. The molecular formula is C12H10ClFN2O3. The van der Waals surface area contributed by atoms with Crippen LogP contribution in [0.5, 0.6) is 0 Å². The summed E-state index contributed by atoms with van der Waals surface area (Å²) in [7, 11) is 0. The number of nitrogens with zero attached hydrogens (tertiary/aromatic N) is 2. The molecule has 1 aromatic carbocycles. The highest BCUT2D eigenvalue weighted by Gasteiger charge is 2.36. The highest BCUT2D eigenvalue weighted by Crippen LogP contribution is 2.31. The SMILES string of the molecule is O=C=NC1CN(C(=O)O)CC1c1ccc(Cl)c(F)c1. The third-order valence-corrected chi connectivity index (χ3v) is 3.46. The molecule has 2 rings (SSSR count). The predicted molar refractivity (Wildman–Crippen MR) is 65.7 cm³/mol. The Bertz CT molecular complexity index is 560. The third kappa shape index (κ3) is 2.75. The molecule has 1 aromatic rings. The van der Waals surface area contributed by atoms with E-state index in [1.807, 2.05) is 0 Å². The first-order valence-electron chi connectivity index (χ1n) is 5.52. The monoisotopic (exact) mass is 284 g/mol. The highest BCUT2D eigenvalue weighted by molar-refractivity contribution is 6.30. The molecule has 100 valence electrons. The van der Waals surface area contributed by atoms with Crippen LogP contribution in [0.4, 0.5) is 9.18 Å². The van der Waals surface area contributed by atoms with Crippen LogP contribution in [0.1, 0.15) is 11.5 Å². The number of carbonyl (C=O) groups is 1. The smallest absolute Gasteiger partial charge is 0.407 e. The molecule has 1 heterocycles. The quantitative estimate of drug-likeness (QED) is 0.669. The summed E-state index contributed by atoms with van der Waals surface area (Å²) < 4.78 is 13.4. The second-order valence-electron chi connectivity index (χ2n) is 4.26. The van der Waals surface area contributed by atoms with Crippen LogP contribution in [0.3, 0.4) is 0 Å². The molecule has 0 saturated carbocycles. The fourth-order valence-electron chi connectivity index (χ4n) is 2.21. The maximum Gasteiger partial charge on any atom is 0.407 e. The predicted octanol–water partition coefficient (Wildman–Crippen LogP) is 2.26. The summed E-state index contributed by atoms with van der Waals surface area (Å²) in [6, 6.07) is 3.70. The molecule has 0 aliphatic carbocycles. The first-order valence-corrected chi connectivity index (χ1v) is 5.90. The van der Waals surface area contributed by atoms with Gasteiger partial charge < -0.3 is 10.0 Å². The van der Waals surface area contributed by atoms with Crippen LogP contribution >= 0.6 is 11.6 Å². The molecule has 5 nitrogen and oxygen atoms in total. The second kappa shape index (κ2) is 5.38. The normalized spacial score (nSPS) is 22.1. The number of hydrogen-bond donors (Lipinski definition) is 1. The van der Waals surface area contributed by atoms with Crippen molar-refractivity contribution < 1.29 is 19.1 Å². The molecule has 1 aliphatic heterocycles. The van der Waals surface area contributed by atoms with Crippen molar-refractivity contribution in [2.24, 2.45) is 4.99 Å². The molecular weight excluding hydrogens is 275 g/mol. The van der Waals surface area contributed by atoms with Gasteiger partial charge in [0.15, 0.2) is 0 Å². The average molecular weight is 285 g/mol. The molecule has 0 radical (unpaired) electrons. The van der Waals surface area contributed by atoms with Crippen molar-refractivity contribution >= 4 is 23.8 Å². The Kier molecular flexibility index (Phi) is 3.83. The Morgan fingerprint density at radius 1 is 1.53 bits per heavy atom. The standard InChI is InChI=1S/C12H10ClFN2O3/c13-9-2-1-7(3-10(9)14)8-4-16(12(18)19)5-11(8)15-6-17/h1-3,8,11H,4-5H2,(H,18,19). The Hall–Kier alpha value is -1.91. The van der Waals surface area contributed by atoms with E-state index < -0.39 is 18.0 Å². The maximum atomic E-state index is 13.4. The fourth-order valence-corrected chi connectivity index (χ4v) is 2.33. The number of halogens is 2. The minimum atomic E-state index is -1.09. The van der Waals surface area contributed by atoms with E-state index in [9.17, 15) is 14.0 Å². The van der Waals surface area contributed by atoms with Crippen molar-refractivity contribution in [1.82, 2.24) is 4.90 Å². The molecule has 1 aliphatic rings. The van der Waals surface area contributed by atoms with E-state index in [-0.39, 0.29) is 24.0 Å². The number of rotatable bonds is 2. The summed E-state index contributed by atoms with van der Waals surface area (Å²) in [5.74, 6) is -0.953. The van der Waals surface area contributed by atoms with Crippen LogP contribution in [0.2, 0.25) is 5.02 Å². The zero-order valence-electron chi connectivity index (χ0n) is 9.72. The molecule has 1 N–H and O–H groups in total. The van der Waals surface area contributed by atoms with E-state index in [0.717, 1.165) is 4.90 Å². The van der Waals surface area contributed by atoms with Gasteiger partial charge in [-0.15, -0.1) is 0 Å². The van der Waals surface area contributed by atoms with E-state index in [1.165, 1.54) is 18.2 Å². The maximum absolute atomic E-state index is 13.4. The van der Waals surface area contributed by atoms with Gasteiger partial charge in [0.2, 0.25) is 6.08 Å². The Labute approximate surface area is 113 Å². The number of likely N-dealkylation sites (tertiary alicyclic amines) is 1. The topological polar surface area (TPSA) is 70.0 Å². The minimum Gasteiger partial charge on any atom is -0.465 e. The summed E-state index contributed by atoms with van der Waals surface area (Å²) in [5, 5.41) is 8.95. The van der Waals surface area contributed by atoms with Gasteiger partial charge in [0, 0.05) is 19.0 Å². The lowest BCUT2D eigenvalue weighted by Crippen LogP contribution is -2.27. The first kappa shape index (κ1) is 13.5. The lowest BCUT2D eigenvalue weighted by molar-refractivity contribution is 0.154. The van der Waals surface area contributed by atoms with Gasteiger partial charge in [0.1, 0.15) is 5.82 Å². The number of isocyanates is 1. The van der Waals surface area contributed by atoms with Crippen molar-refractivity contribution in [2.75, 3.05) is 13.1 Å². The van der Waals surface area contributed by atoms with Crippen LogP contribution in [0, 0.1) is 5.82 Å². The molecule has 7 heteroatoms. The number of hydrogen-bond acceptors (Lipinski definition) is 3. The Morgan fingerprint density at radius 3 is 2.84 bits per heavy atom. The highest BCUT2D eigenvalue weighted by atomic mass is 35.5. The number of carboxylic acid groups (broad SMARTS) is 1. The molecule has 0 spiro atoms. The zero-order chi connectivity index (χ0) is 14.0. The zero-order valence-corrected chi connectivity index (χ0v) is 10.5. The van der Waals surface area contributed by atoms with E-state index in [0.29, 0.717) is 5.56 Å². The fraction of sp³-hybridized carbons (Fsp3) is 0.333. The van der Waals surface area contributed by atoms with Crippen LogP contribution in [0.15, 0.2) is 23.2 Å². The number of benzene rings is 1.